The van der Waals surface area contributed by atoms with Gasteiger partial charge in [0.25, 0.3) is 0 Å². The Kier molecular flexibility index (Phi) is 2.75. The van der Waals surface area contributed by atoms with E-state index in [2.05, 4.69) is 26.8 Å². The van der Waals surface area contributed by atoms with E-state index in [0.717, 1.165) is 12.2 Å². The molecular weight excluding hydrogens is 136 g/mol. The predicted octanol–water partition coefficient (Wildman–Crippen LogP) is 3.36. The van der Waals surface area contributed by atoms with E-state index >= 15 is 0 Å². The fourth-order valence-corrected chi connectivity index (χ4v) is 1.30. The topological polar surface area (TPSA) is 13.1 Å². The maximum atomic E-state index is 5.34. The highest BCUT2D eigenvalue weighted by Crippen LogP contribution is 2.23. The Balaban J connectivity index is 2.83. The molecule has 0 amide bonds. The molecule has 0 N–H and O–H groups in total. The van der Waals surface area contributed by atoms with Crippen molar-refractivity contribution in [3.8, 4) is 0 Å². The second-order valence-electron chi connectivity index (χ2n) is 2.96. The summed E-state index contributed by atoms with van der Waals surface area (Å²) in [6, 6.07) is 2.09. The second kappa shape index (κ2) is 3.61. The Morgan fingerprint density at radius 2 is 2.18 bits per heavy atom. The molecule has 11 heavy (non-hydrogen) atoms. The summed E-state index contributed by atoms with van der Waals surface area (Å²) in [5, 5.41) is 0. The lowest BCUT2D eigenvalue weighted by Gasteiger charge is -2.06. The Labute approximate surface area is 68.4 Å². The van der Waals surface area contributed by atoms with Crippen LogP contribution in [0.4, 0.5) is 0 Å². The van der Waals surface area contributed by atoms with Crippen LogP contribution < -0.4 is 0 Å². The van der Waals surface area contributed by atoms with Gasteiger partial charge in [-0.2, -0.15) is 0 Å². The van der Waals surface area contributed by atoms with Crippen LogP contribution in [0.25, 0.3) is 0 Å². The Hall–Kier alpha value is -0.720. The van der Waals surface area contributed by atoms with Gasteiger partial charge in [0.05, 0.1) is 6.26 Å². The molecule has 0 aromatic carbocycles. The highest BCUT2D eigenvalue weighted by atomic mass is 16.3. The first kappa shape index (κ1) is 8.38. The van der Waals surface area contributed by atoms with Gasteiger partial charge in [-0.25, -0.2) is 0 Å². The Morgan fingerprint density at radius 3 is 2.73 bits per heavy atom. The quantitative estimate of drug-likeness (QED) is 0.647. The number of rotatable bonds is 3. The molecule has 1 aromatic rings. The van der Waals surface area contributed by atoms with Gasteiger partial charge in [0.1, 0.15) is 5.76 Å². The van der Waals surface area contributed by atoms with Crippen molar-refractivity contribution in [3.63, 3.8) is 0 Å². The zero-order chi connectivity index (χ0) is 8.27. The van der Waals surface area contributed by atoms with E-state index in [1.165, 1.54) is 12.0 Å². The van der Waals surface area contributed by atoms with Crippen molar-refractivity contribution < 1.29 is 4.42 Å². The predicted molar refractivity (Wildman–Crippen MR) is 46.8 cm³/mol. The summed E-state index contributed by atoms with van der Waals surface area (Å²) in [6.07, 6.45) is 3.99. The zero-order valence-corrected chi connectivity index (χ0v) is 7.55. The average molecular weight is 152 g/mol. The first-order valence-electron chi connectivity index (χ1n) is 4.35. The van der Waals surface area contributed by atoms with Crippen molar-refractivity contribution in [2.24, 2.45) is 0 Å². The number of furan rings is 1. The van der Waals surface area contributed by atoms with Gasteiger partial charge >= 0.3 is 0 Å². The molecule has 1 atom stereocenters. The third-order valence-electron chi connectivity index (χ3n) is 2.24. The molecule has 0 bridgehead atoms. The molecule has 1 heterocycles. The van der Waals surface area contributed by atoms with Gasteiger partial charge in [0.15, 0.2) is 0 Å². The largest absolute Gasteiger partial charge is 0.469 e. The van der Waals surface area contributed by atoms with Crippen LogP contribution in [0.3, 0.4) is 0 Å². The molecule has 0 aliphatic rings. The summed E-state index contributed by atoms with van der Waals surface area (Å²) < 4.78 is 5.34. The van der Waals surface area contributed by atoms with Crippen LogP contribution in [0.15, 0.2) is 16.7 Å². The zero-order valence-electron chi connectivity index (χ0n) is 7.55. The summed E-state index contributed by atoms with van der Waals surface area (Å²) in [4.78, 5) is 0. The van der Waals surface area contributed by atoms with Crippen LogP contribution in [-0.4, -0.2) is 0 Å². The summed E-state index contributed by atoms with van der Waals surface area (Å²) in [6.45, 7) is 6.58. The summed E-state index contributed by atoms with van der Waals surface area (Å²) >= 11 is 0. The third-order valence-corrected chi connectivity index (χ3v) is 2.24. The Bertz CT molecular complexity index is 212. The molecule has 0 spiro atoms. The molecule has 1 unspecified atom stereocenters. The van der Waals surface area contributed by atoms with E-state index in [-0.39, 0.29) is 0 Å². The van der Waals surface area contributed by atoms with Gasteiger partial charge in [0, 0.05) is 6.42 Å². The molecule has 62 valence electrons. The lowest BCUT2D eigenvalue weighted by atomic mass is 9.98. The third kappa shape index (κ3) is 1.65. The maximum absolute atomic E-state index is 5.34. The van der Waals surface area contributed by atoms with Crippen molar-refractivity contribution in [3.05, 3.63) is 23.7 Å². The minimum atomic E-state index is 0.642. The van der Waals surface area contributed by atoms with Crippen molar-refractivity contribution in [2.45, 2.75) is 39.5 Å². The number of aryl methyl sites for hydroxylation is 1. The van der Waals surface area contributed by atoms with E-state index in [1.54, 1.807) is 6.26 Å². The molecule has 0 saturated carbocycles. The molecule has 1 rings (SSSR count). The van der Waals surface area contributed by atoms with Crippen LogP contribution in [-0.2, 0) is 6.42 Å². The maximum Gasteiger partial charge on any atom is 0.106 e. The van der Waals surface area contributed by atoms with Gasteiger partial charge in [-0.15, -0.1) is 0 Å². The highest BCUT2D eigenvalue weighted by molar-refractivity contribution is 5.20. The van der Waals surface area contributed by atoms with Crippen molar-refractivity contribution in [2.75, 3.05) is 0 Å². The number of hydrogen-bond acceptors (Lipinski definition) is 1. The van der Waals surface area contributed by atoms with E-state index in [9.17, 15) is 0 Å². The molecule has 0 aliphatic carbocycles. The smallest absolute Gasteiger partial charge is 0.106 e. The van der Waals surface area contributed by atoms with Gasteiger partial charge in [-0.3, -0.25) is 0 Å². The monoisotopic (exact) mass is 152 g/mol. The molecule has 0 fully saturated rings. The SMILES string of the molecule is CCc1occc1C(C)CC. The molecule has 0 radical (unpaired) electrons. The molecule has 1 aromatic heterocycles. The second-order valence-corrected chi connectivity index (χ2v) is 2.96. The normalized spacial score (nSPS) is 13.4. The van der Waals surface area contributed by atoms with Crippen LogP contribution >= 0.6 is 0 Å². The first-order chi connectivity index (χ1) is 5.29. The first-order valence-corrected chi connectivity index (χ1v) is 4.35. The minimum Gasteiger partial charge on any atom is -0.469 e. The van der Waals surface area contributed by atoms with E-state index in [1.807, 2.05) is 0 Å². The van der Waals surface area contributed by atoms with Crippen LogP contribution in [0, 0.1) is 0 Å². The van der Waals surface area contributed by atoms with Crippen LogP contribution in [0.2, 0.25) is 0 Å². The molecule has 1 heteroatoms. The fourth-order valence-electron chi connectivity index (χ4n) is 1.30. The highest BCUT2D eigenvalue weighted by Gasteiger charge is 2.09. The lowest BCUT2D eigenvalue weighted by molar-refractivity contribution is 0.506. The van der Waals surface area contributed by atoms with E-state index < -0.39 is 0 Å². The fraction of sp³-hybridized carbons (Fsp3) is 0.600. The molecular formula is C10H16O. The van der Waals surface area contributed by atoms with Gasteiger partial charge < -0.3 is 4.42 Å². The molecule has 0 saturated heterocycles. The minimum absolute atomic E-state index is 0.642. The number of hydrogen-bond donors (Lipinski definition) is 0. The lowest BCUT2D eigenvalue weighted by Crippen LogP contribution is -1.92. The molecule has 1 nitrogen and oxygen atoms in total. The van der Waals surface area contributed by atoms with Crippen molar-refractivity contribution >= 4 is 0 Å². The van der Waals surface area contributed by atoms with Gasteiger partial charge in [-0.05, 0) is 24.0 Å². The standard InChI is InChI=1S/C10H16O/c1-4-8(3)9-6-7-11-10(9)5-2/h6-8H,4-5H2,1-3H3. The summed E-state index contributed by atoms with van der Waals surface area (Å²) in [5.41, 5.74) is 1.38. The van der Waals surface area contributed by atoms with Crippen LogP contribution in [0.1, 0.15) is 44.4 Å². The van der Waals surface area contributed by atoms with E-state index in [0.29, 0.717) is 5.92 Å². The summed E-state index contributed by atoms with van der Waals surface area (Å²) in [5.74, 6) is 1.79. The van der Waals surface area contributed by atoms with Gasteiger partial charge in [0.2, 0.25) is 0 Å². The van der Waals surface area contributed by atoms with Crippen molar-refractivity contribution in [1.29, 1.82) is 0 Å². The molecule has 0 aliphatic heterocycles. The Morgan fingerprint density at radius 1 is 1.45 bits per heavy atom. The summed E-state index contributed by atoms with van der Waals surface area (Å²) in [7, 11) is 0. The van der Waals surface area contributed by atoms with Crippen LogP contribution in [0.5, 0.6) is 0 Å². The average Bonchev–Trinajstić information content (AvgIpc) is 2.50. The van der Waals surface area contributed by atoms with Crippen molar-refractivity contribution in [1.82, 2.24) is 0 Å². The van der Waals surface area contributed by atoms with E-state index in [4.69, 9.17) is 4.42 Å². The van der Waals surface area contributed by atoms with Gasteiger partial charge in [-0.1, -0.05) is 20.8 Å².